The van der Waals surface area contributed by atoms with Crippen molar-refractivity contribution in [3.63, 3.8) is 0 Å². The number of thioether (sulfide) groups is 1. The molecule has 15 heavy (non-hydrogen) atoms. The standard InChI is InChI=1S/C10H19ClN2OS/c1-14-10-13(12-9(11)15-10)8-6-4-2-3-5-7-8/h8-10,12H,2-7H2,1H3. The summed E-state index contributed by atoms with van der Waals surface area (Å²) in [4.78, 5) is -0.0433. The molecule has 0 aromatic carbocycles. The van der Waals surface area contributed by atoms with Gasteiger partial charge in [-0.15, -0.1) is 0 Å². The van der Waals surface area contributed by atoms with Crippen LogP contribution in [-0.4, -0.2) is 28.6 Å². The third-order valence-electron chi connectivity index (χ3n) is 3.13. The number of rotatable bonds is 2. The third-order valence-corrected chi connectivity index (χ3v) is 4.54. The highest BCUT2D eigenvalue weighted by Crippen LogP contribution is 2.34. The van der Waals surface area contributed by atoms with Crippen LogP contribution in [-0.2, 0) is 4.74 Å². The highest BCUT2D eigenvalue weighted by molar-refractivity contribution is 8.01. The van der Waals surface area contributed by atoms with Gasteiger partial charge in [-0.2, -0.15) is 0 Å². The maximum absolute atomic E-state index is 6.07. The average molecular weight is 251 g/mol. The van der Waals surface area contributed by atoms with E-state index in [4.69, 9.17) is 16.3 Å². The van der Waals surface area contributed by atoms with Gasteiger partial charge in [0.1, 0.15) is 4.83 Å². The van der Waals surface area contributed by atoms with Gasteiger partial charge in [-0.25, -0.2) is 10.4 Å². The third kappa shape index (κ3) is 3.01. The molecule has 2 atom stereocenters. The molecule has 3 nitrogen and oxygen atoms in total. The number of hydrazine groups is 1. The van der Waals surface area contributed by atoms with Crippen molar-refractivity contribution in [3.8, 4) is 0 Å². The zero-order chi connectivity index (χ0) is 10.7. The van der Waals surface area contributed by atoms with Gasteiger partial charge in [-0.1, -0.05) is 49.0 Å². The topological polar surface area (TPSA) is 24.5 Å². The van der Waals surface area contributed by atoms with Crippen LogP contribution in [0.2, 0.25) is 0 Å². The zero-order valence-electron chi connectivity index (χ0n) is 9.12. The Morgan fingerprint density at radius 2 is 1.93 bits per heavy atom. The fraction of sp³-hybridized carbons (Fsp3) is 1.00. The van der Waals surface area contributed by atoms with Gasteiger partial charge in [0.2, 0.25) is 0 Å². The first kappa shape index (κ1) is 12.0. The molecule has 2 aliphatic rings. The summed E-state index contributed by atoms with van der Waals surface area (Å²) < 4.78 is 5.43. The van der Waals surface area contributed by atoms with Crippen LogP contribution in [0.15, 0.2) is 0 Å². The summed E-state index contributed by atoms with van der Waals surface area (Å²) in [5.74, 6) is 0. The SMILES string of the molecule is COC1SC(Cl)NN1C1CCCCCC1. The van der Waals surface area contributed by atoms with Crippen LogP contribution in [0.1, 0.15) is 38.5 Å². The van der Waals surface area contributed by atoms with Crippen LogP contribution in [0, 0.1) is 0 Å². The Hall–Kier alpha value is 0.520. The van der Waals surface area contributed by atoms with Crippen molar-refractivity contribution in [1.82, 2.24) is 10.4 Å². The normalized spacial score (nSPS) is 35.6. The minimum Gasteiger partial charge on any atom is -0.355 e. The van der Waals surface area contributed by atoms with E-state index in [1.54, 1.807) is 18.9 Å². The molecular formula is C10H19ClN2OS. The molecule has 1 heterocycles. The molecule has 1 aliphatic carbocycles. The summed E-state index contributed by atoms with van der Waals surface area (Å²) in [5.41, 5.74) is 3.37. The Bertz CT molecular complexity index is 200. The fourth-order valence-electron chi connectivity index (χ4n) is 2.36. The van der Waals surface area contributed by atoms with Crippen LogP contribution < -0.4 is 5.43 Å². The van der Waals surface area contributed by atoms with Crippen LogP contribution in [0.5, 0.6) is 0 Å². The van der Waals surface area contributed by atoms with Crippen molar-refractivity contribution in [2.24, 2.45) is 0 Å². The van der Waals surface area contributed by atoms with Gasteiger partial charge in [0, 0.05) is 13.2 Å². The van der Waals surface area contributed by atoms with Gasteiger partial charge < -0.3 is 4.74 Å². The molecule has 1 N–H and O–H groups in total. The molecule has 2 rings (SSSR count). The molecule has 88 valence electrons. The second-order valence-electron chi connectivity index (χ2n) is 4.18. The quantitative estimate of drug-likeness (QED) is 0.463. The highest BCUT2D eigenvalue weighted by atomic mass is 35.5. The molecule has 0 spiro atoms. The predicted molar refractivity (Wildman–Crippen MR) is 64.5 cm³/mol. The molecule has 0 aromatic rings. The van der Waals surface area contributed by atoms with E-state index in [0.717, 1.165) is 0 Å². The van der Waals surface area contributed by atoms with E-state index in [0.29, 0.717) is 6.04 Å². The molecule has 0 bridgehead atoms. The Morgan fingerprint density at radius 3 is 2.53 bits per heavy atom. The van der Waals surface area contributed by atoms with Gasteiger partial charge in [0.05, 0.1) is 0 Å². The first-order valence-electron chi connectivity index (χ1n) is 5.68. The first-order valence-corrected chi connectivity index (χ1v) is 7.06. The van der Waals surface area contributed by atoms with Crippen molar-refractivity contribution < 1.29 is 4.74 Å². The molecule has 2 fully saturated rings. The van der Waals surface area contributed by atoms with Crippen LogP contribution in [0.25, 0.3) is 0 Å². The second-order valence-corrected chi connectivity index (χ2v) is 6.02. The number of hydrogen-bond acceptors (Lipinski definition) is 4. The van der Waals surface area contributed by atoms with Gasteiger partial charge in [0.15, 0.2) is 5.56 Å². The van der Waals surface area contributed by atoms with E-state index in [-0.39, 0.29) is 10.4 Å². The Kier molecular flexibility index (Phi) is 4.58. The number of halogens is 1. The average Bonchev–Trinajstić information content (AvgIpc) is 2.47. The summed E-state index contributed by atoms with van der Waals surface area (Å²) >= 11 is 7.70. The van der Waals surface area contributed by atoms with E-state index in [1.807, 2.05) is 0 Å². The molecule has 5 heteroatoms. The van der Waals surface area contributed by atoms with E-state index in [1.165, 1.54) is 38.5 Å². The minimum absolute atomic E-state index is 0.0433. The number of hydrogen-bond donors (Lipinski definition) is 1. The van der Waals surface area contributed by atoms with Gasteiger partial charge in [-0.05, 0) is 12.8 Å². The number of nitrogens with one attached hydrogen (secondary N) is 1. The Labute approximate surface area is 101 Å². The number of ether oxygens (including phenoxy) is 1. The Morgan fingerprint density at radius 1 is 1.27 bits per heavy atom. The van der Waals surface area contributed by atoms with Crippen molar-refractivity contribution in [1.29, 1.82) is 0 Å². The summed E-state index contributed by atoms with van der Waals surface area (Å²) in [6.45, 7) is 0. The van der Waals surface area contributed by atoms with Crippen molar-refractivity contribution >= 4 is 23.4 Å². The smallest absolute Gasteiger partial charge is 0.173 e. The fourth-order valence-corrected chi connectivity index (χ4v) is 3.60. The molecule has 0 amide bonds. The molecule has 1 saturated heterocycles. The molecule has 0 aromatic heterocycles. The maximum Gasteiger partial charge on any atom is 0.173 e. The lowest BCUT2D eigenvalue weighted by Gasteiger charge is -2.29. The monoisotopic (exact) mass is 250 g/mol. The number of nitrogens with zero attached hydrogens (tertiary/aromatic N) is 1. The molecule has 2 unspecified atom stereocenters. The summed E-state index contributed by atoms with van der Waals surface area (Å²) in [6, 6.07) is 0.591. The summed E-state index contributed by atoms with van der Waals surface area (Å²) in [7, 11) is 1.75. The van der Waals surface area contributed by atoms with Crippen molar-refractivity contribution in [3.05, 3.63) is 0 Å². The minimum atomic E-state index is -0.0433. The van der Waals surface area contributed by atoms with E-state index in [9.17, 15) is 0 Å². The lowest BCUT2D eigenvalue weighted by molar-refractivity contribution is -0.0198. The second kappa shape index (κ2) is 5.73. The molecule has 1 aliphatic heterocycles. The van der Waals surface area contributed by atoms with Crippen molar-refractivity contribution in [2.75, 3.05) is 7.11 Å². The van der Waals surface area contributed by atoms with Crippen LogP contribution in [0.4, 0.5) is 0 Å². The summed E-state index contributed by atoms with van der Waals surface area (Å²) in [5, 5.41) is 2.22. The molecule has 0 radical (unpaired) electrons. The van der Waals surface area contributed by atoms with Gasteiger partial charge in [0.25, 0.3) is 0 Å². The lowest BCUT2D eigenvalue weighted by Crippen LogP contribution is -2.46. The van der Waals surface area contributed by atoms with Crippen LogP contribution >= 0.6 is 23.4 Å². The van der Waals surface area contributed by atoms with Gasteiger partial charge in [-0.3, -0.25) is 0 Å². The molecular weight excluding hydrogens is 232 g/mol. The largest absolute Gasteiger partial charge is 0.355 e. The van der Waals surface area contributed by atoms with Crippen molar-refractivity contribution in [2.45, 2.75) is 55.0 Å². The van der Waals surface area contributed by atoms with E-state index >= 15 is 0 Å². The van der Waals surface area contributed by atoms with E-state index in [2.05, 4.69) is 10.4 Å². The molecule has 1 saturated carbocycles. The number of alkyl halides is 1. The van der Waals surface area contributed by atoms with Crippen LogP contribution in [0.3, 0.4) is 0 Å². The Balaban J connectivity index is 1.94. The lowest BCUT2D eigenvalue weighted by atomic mass is 10.1. The highest BCUT2D eigenvalue weighted by Gasteiger charge is 2.36. The first-order chi connectivity index (χ1) is 7.31. The number of methoxy groups -OCH3 is 1. The summed E-state index contributed by atoms with van der Waals surface area (Å²) in [6.07, 6.45) is 7.93. The maximum atomic E-state index is 6.07. The van der Waals surface area contributed by atoms with E-state index < -0.39 is 0 Å². The zero-order valence-corrected chi connectivity index (χ0v) is 10.7. The predicted octanol–water partition coefficient (Wildman–Crippen LogP) is 2.72. The van der Waals surface area contributed by atoms with Gasteiger partial charge >= 0.3 is 0 Å².